The number of piperidine rings is 2. The number of ether oxygens (including phenoxy) is 2. The van der Waals surface area contributed by atoms with Gasteiger partial charge in [-0.3, -0.25) is 42.2 Å². The van der Waals surface area contributed by atoms with E-state index in [9.17, 15) is 55.9 Å². The molecule has 2 aliphatic heterocycles. The number of rotatable bonds is 17. The van der Waals surface area contributed by atoms with Gasteiger partial charge in [0.15, 0.2) is 33.9 Å². The number of Topliss-reactive ketones (excluding diaryl/α,β-unsaturated/α-hetero) is 2. The molecule has 2 saturated carbocycles. The van der Waals surface area contributed by atoms with Crippen molar-refractivity contribution in [2.45, 2.75) is 50.9 Å². The summed E-state index contributed by atoms with van der Waals surface area (Å²) in [6.45, 7) is 2.66. The number of carboxylic acids is 1. The van der Waals surface area contributed by atoms with Crippen molar-refractivity contribution >= 4 is 69.0 Å². The van der Waals surface area contributed by atoms with Crippen LogP contribution in [0, 0.1) is 23.7 Å². The molecular formula is C54H56F4N18O11. The third-order valence-corrected chi connectivity index (χ3v) is 15.6. The van der Waals surface area contributed by atoms with E-state index >= 15 is 0 Å². The van der Waals surface area contributed by atoms with Crippen molar-refractivity contribution in [2.24, 2.45) is 37.8 Å². The number of alkyl halides is 4. The van der Waals surface area contributed by atoms with Gasteiger partial charge in [-0.1, -0.05) is 12.1 Å². The lowest BCUT2D eigenvalue weighted by molar-refractivity contribution is -0.140. The van der Waals surface area contributed by atoms with Gasteiger partial charge < -0.3 is 44.6 Å². The molecule has 8 aromatic heterocycles. The predicted octanol–water partition coefficient (Wildman–Crippen LogP) is 1.45. The van der Waals surface area contributed by atoms with Gasteiger partial charge in [0.1, 0.15) is 60.0 Å². The highest BCUT2D eigenvalue weighted by Crippen LogP contribution is 2.60. The number of anilines is 4. The van der Waals surface area contributed by atoms with Crippen LogP contribution >= 0.6 is 0 Å². The summed E-state index contributed by atoms with van der Waals surface area (Å²) in [4.78, 5) is 137. The zero-order chi connectivity index (χ0) is 62.6. The van der Waals surface area contributed by atoms with Crippen LogP contribution in [-0.2, 0) is 55.8 Å². The standard InChI is InChI=1S/C27H27F2N9O5.C14H13F2N5.C13H16N4O6/c1-14(38-13-32-23-22(38)25(41)37(26(42)35(23)2)9-15(39)12-43-3)24(40)34-20-6-4-5-18(33-20)19-7-31-21(8-30-19)36-10-16-17(11-36)27(16,28)29;15-14(16)8-6-21(7-9(8)14)13-5-18-11(4-19-13)10-2-1-3-12(17)20-10;1-7(12(20)21)17-6-14-10-9(17)11(19)16(13(22)15(10)2)4-8(18)5-23-3/h4-8,13-14,16-17H,9-12H2,1-3H3,(H,33,34,40);1-5,8-9H,6-7H2,(H2,17,20);6-7H,4-5H2,1-3H3,(H,20,21)/t14-,16?,17?;;7-/m0.0/s1. The lowest BCUT2D eigenvalue weighted by atomic mass is 10.2. The molecule has 2 aliphatic carbocycles. The summed E-state index contributed by atoms with van der Waals surface area (Å²) in [5, 5.41) is 11.8. The fraction of sp³-hybridized carbons (Fsp3) is 0.407. The number of aliphatic carboxylic acids is 1. The van der Waals surface area contributed by atoms with E-state index in [0.29, 0.717) is 53.3 Å². The first-order chi connectivity index (χ1) is 41.3. The number of ketones is 2. The predicted molar refractivity (Wildman–Crippen MR) is 301 cm³/mol. The van der Waals surface area contributed by atoms with Gasteiger partial charge in [0.05, 0.1) is 85.6 Å². The lowest BCUT2D eigenvalue weighted by Crippen LogP contribution is -2.42. The van der Waals surface area contributed by atoms with E-state index in [-0.39, 0.29) is 54.4 Å². The number of imidazole rings is 2. The average Bonchev–Trinajstić information content (AvgIpc) is 1.67. The molecule has 4 aliphatic rings. The van der Waals surface area contributed by atoms with Crippen LogP contribution in [0.2, 0.25) is 0 Å². The smallest absolute Gasteiger partial charge is 0.332 e. The summed E-state index contributed by atoms with van der Waals surface area (Å²) in [6, 6.07) is 8.22. The Bertz CT molecular complexity index is 4230. The summed E-state index contributed by atoms with van der Waals surface area (Å²) in [5.74, 6) is -8.19. The van der Waals surface area contributed by atoms with E-state index in [0.717, 1.165) is 22.8 Å². The molecule has 87 heavy (non-hydrogen) atoms. The molecule has 12 rings (SSSR count). The molecule has 456 valence electrons. The van der Waals surface area contributed by atoms with Gasteiger partial charge in [-0.25, -0.2) is 71.8 Å². The number of nitrogens with two attached hydrogens (primary N) is 1. The molecule has 6 atom stereocenters. The monoisotopic (exact) mass is 1210 g/mol. The number of methoxy groups -OCH3 is 2. The number of hydrogen-bond donors (Lipinski definition) is 3. The van der Waals surface area contributed by atoms with Crippen molar-refractivity contribution in [3.8, 4) is 22.8 Å². The van der Waals surface area contributed by atoms with E-state index in [1.54, 1.807) is 60.6 Å². The molecule has 8 aromatic rings. The lowest BCUT2D eigenvalue weighted by Gasteiger charge is -2.20. The molecule has 0 aromatic carbocycles. The van der Waals surface area contributed by atoms with E-state index in [4.69, 9.17) is 15.6 Å². The van der Waals surface area contributed by atoms with Crippen LogP contribution in [0.25, 0.3) is 45.1 Å². The molecule has 33 heteroatoms. The molecule has 0 spiro atoms. The van der Waals surface area contributed by atoms with E-state index in [1.807, 2.05) is 4.90 Å². The number of carbonyl (C=O) groups is 4. The van der Waals surface area contributed by atoms with Gasteiger partial charge in [0, 0.05) is 54.5 Å². The van der Waals surface area contributed by atoms with Gasteiger partial charge >= 0.3 is 17.3 Å². The number of nitrogens with zero attached hydrogens (tertiary/aromatic N) is 16. The Labute approximate surface area is 487 Å². The molecule has 0 bridgehead atoms. The van der Waals surface area contributed by atoms with Gasteiger partial charge in [0.25, 0.3) is 23.0 Å². The third kappa shape index (κ3) is 11.6. The van der Waals surface area contributed by atoms with Crippen LogP contribution in [0.5, 0.6) is 0 Å². The molecule has 10 heterocycles. The zero-order valence-electron chi connectivity index (χ0n) is 47.3. The largest absolute Gasteiger partial charge is 0.480 e. The molecule has 0 radical (unpaired) electrons. The third-order valence-electron chi connectivity index (χ3n) is 15.6. The Morgan fingerprint density at radius 1 is 0.621 bits per heavy atom. The second kappa shape index (κ2) is 23.5. The van der Waals surface area contributed by atoms with Crippen LogP contribution in [0.1, 0.15) is 25.9 Å². The number of hydrogen-bond acceptors (Lipinski definition) is 21. The van der Waals surface area contributed by atoms with Crippen molar-refractivity contribution in [1.82, 2.24) is 67.3 Å². The molecular weight excluding hydrogens is 1150 g/mol. The minimum atomic E-state index is -2.58. The first-order valence-electron chi connectivity index (χ1n) is 26.8. The van der Waals surface area contributed by atoms with Gasteiger partial charge in [-0.15, -0.1) is 0 Å². The summed E-state index contributed by atoms with van der Waals surface area (Å²) in [6.07, 6.45) is 8.68. The van der Waals surface area contributed by atoms with Crippen molar-refractivity contribution in [3.63, 3.8) is 0 Å². The number of nitrogen functional groups attached to an aromatic ring is 1. The fourth-order valence-corrected chi connectivity index (χ4v) is 10.6. The van der Waals surface area contributed by atoms with Gasteiger partial charge in [-0.05, 0) is 38.1 Å². The second-order valence-electron chi connectivity index (χ2n) is 21.2. The maximum absolute atomic E-state index is 13.5. The number of fused-ring (bicyclic) bond motifs is 4. The van der Waals surface area contributed by atoms with Crippen LogP contribution in [-0.4, -0.2) is 161 Å². The number of aromatic nitrogens is 14. The minimum absolute atomic E-state index is 0.0222. The normalized spacial score (nSPS) is 19.1. The Balaban J connectivity index is 0.000000160. The first kappa shape index (κ1) is 60.2. The van der Waals surface area contributed by atoms with Crippen molar-refractivity contribution in [1.29, 1.82) is 0 Å². The summed E-state index contributed by atoms with van der Waals surface area (Å²) < 4.78 is 69.1. The summed E-state index contributed by atoms with van der Waals surface area (Å²) in [5.41, 5.74) is 4.83. The highest BCUT2D eigenvalue weighted by Gasteiger charge is 2.72. The molecule has 2 saturated heterocycles. The fourth-order valence-electron chi connectivity index (χ4n) is 10.6. The Morgan fingerprint density at radius 2 is 1.05 bits per heavy atom. The summed E-state index contributed by atoms with van der Waals surface area (Å²) in [7, 11) is 5.46. The van der Waals surface area contributed by atoms with Crippen LogP contribution < -0.4 is 43.3 Å². The van der Waals surface area contributed by atoms with E-state index < -0.39 is 107 Å². The number of nitrogens with one attached hydrogen (secondary N) is 1. The number of pyridine rings is 2. The maximum Gasteiger partial charge on any atom is 0.332 e. The van der Waals surface area contributed by atoms with Crippen molar-refractivity contribution < 1.29 is 51.3 Å². The summed E-state index contributed by atoms with van der Waals surface area (Å²) >= 11 is 0. The van der Waals surface area contributed by atoms with E-state index in [1.165, 1.54) is 64.9 Å². The number of aryl methyl sites for hydroxylation is 2. The van der Waals surface area contributed by atoms with Crippen LogP contribution in [0.3, 0.4) is 0 Å². The highest BCUT2D eigenvalue weighted by molar-refractivity contribution is 5.94. The van der Waals surface area contributed by atoms with Gasteiger partial charge in [-0.2, -0.15) is 0 Å². The quantitative estimate of drug-likeness (QED) is 0.109. The van der Waals surface area contributed by atoms with Crippen LogP contribution in [0.4, 0.5) is 40.8 Å². The maximum atomic E-state index is 13.5. The molecule has 4 unspecified atom stereocenters. The topological polar surface area (TPSA) is 352 Å². The highest BCUT2D eigenvalue weighted by atomic mass is 19.3. The second-order valence-corrected chi connectivity index (χ2v) is 21.2. The zero-order valence-corrected chi connectivity index (χ0v) is 47.3. The Kier molecular flexibility index (Phi) is 16.3. The van der Waals surface area contributed by atoms with Crippen molar-refractivity contribution in [2.75, 3.05) is 74.5 Å². The van der Waals surface area contributed by atoms with Crippen molar-refractivity contribution in [3.05, 3.63) is 116 Å². The average molecular weight is 1210 g/mol. The number of carbonyl (C=O) groups excluding carboxylic acids is 3. The number of halogens is 4. The molecule has 1 amide bonds. The number of amides is 1. The Hall–Kier alpha value is -9.92. The SMILES string of the molecule is COCC(=O)Cn1c(=O)c2c(ncn2[C@@H](C)C(=O)Nc2cccc(-c3cnc(N4CC5C(C4)C5(F)F)cn3)n2)n(C)c1=O.COCC(=O)Cn1c(=O)c2c(ncn2[C@@H](C)C(=O)O)n(C)c1=O.Nc1cccc(-c2cnc(N3CC4C(C3)C4(F)F)cn2)n1. The molecule has 4 N–H and O–H groups in total. The molecule has 4 fully saturated rings. The first-order valence-corrected chi connectivity index (χ1v) is 26.8. The van der Waals surface area contributed by atoms with Gasteiger partial charge in [0.2, 0.25) is 5.91 Å². The molecule has 29 nitrogen and oxygen atoms in total. The van der Waals surface area contributed by atoms with E-state index in [2.05, 4.69) is 49.9 Å². The Morgan fingerprint density at radius 3 is 1.45 bits per heavy atom. The van der Waals surface area contributed by atoms with Crippen LogP contribution in [0.15, 0.2) is 93.0 Å². The number of carboxylic acid groups (broad SMARTS) is 1. The minimum Gasteiger partial charge on any atom is -0.480 e.